The van der Waals surface area contributed by atoms with Crippen molar-refractivity contribution in [3.8, 4) is 0 Å². The van der Waals surface area contributed by atoms with Crippen molar-refractivity contribution in [3.63, 3.8) is 0 Å². The molecule has 0 amide bonds. The summed E-state index contributed by atoms with van der Waals surface area (Å²) in [5.74, 6) is 1.01. The highest BCUT2D eigenvalue weighted by Gasteiger charge is 2.23. The van der Waals surface area contributed by atoms with Crippen LogP contribution in [0.1, 0.15) is 44.6 Å². The maximum Gasteiger partial charge on any atom is 0.194 e. The van der Waals surface area contributed by atoms with Crippen molar-refractivity contribution in [1.82, 2.24) is 10.2 Å². The van der Waals surface area contributed by atoms with Crippen LogP contribution < -0.4 is 5.32 Å². The van der Waals surface area contributed by atoms with E-state index in [1.807, 2.05) is 0 Å². The molecule has 0 spiro atoms. The summed E-state index contributed by atoms with van der Waals surface area (Å²) < 4.78 is 13.0. The Morgan fingerprint density at radius 3 is 2.61 bits per heavy atom. The Kier molecular flexibility index (Phi) is 11.1. The molecule has 0 bridgehead atoms. The van der Waals surface area contributed by atoms with E-state index in [0.29, 0.717) is 18.8 Å². The van der Waals surface area contributed by atoms with Crippen molar-refractivity contribution in [3.05, 3.63) is 34.3 Å². The van der Waals surface area contributed by atoms with Crippen molar-refractivity contribution in [2.45, 2.75) is 57.8 Å². The van der Waals surface area contributed by atoms with Crippen molar-refractivity contribution in [2.75, 3.05) is 32.8 Å². The fourth-order valence-corrected chi connectivity index (χ4v) is 3.86. The highest BCUT2D eigenvalue weighted by Crippen LogP contribution is 2.18. The maximum atomic E-state index is 6.13. The third kappa shape index (κ3) is 7.80. The summed E-state index contributed by atoms with van der Waals surface area (Å²) in [6.45, 7) is 7.33. The largest absolute Gasteiger partial charge is 0.376 e. The Labute approximate surface area is 194 Å². The average molecular weight is 566 g/mol. The number of likely N-dealkylation sites (tertiary alicyclic amines) is 1. The zero-order valence-corrected chi connectivity index (χ0v) is 20.7. The fourth-order valence-electron chi connectivity index (χ4n) is 3.60. The Hall–Kier alpha value is -0.380. The summed E-state index contributed by atoms with van der Waals surface area (Å²) in [5, 5.41) is 3.44. The maximum absolute atomic E-state index is 6.13. The second kappa shape index (κ2) is 13.0. The average Bonchev–Trinajstić information content (AvgIpc) is 2.72. The van der Waals surface area contributed by atoms with Crippen LogP contribution in [-0.2, 0) is 16.0 Å². The predicted octanol–water partition coefficient (Wildman–Crippen LogP) is 4.58. The topological polar surface area (TPSA) is 46.1 Å². The van der Waals surface area contributed by atoms with Gasteiger partial charge in [0, 0.05) is 30.7 Å². The van der Waals surface area contributed by atoms with Gasteiger partial charge in [0.2, 0.25) is 0 Å². The number of hydrogen-bond acceptors (Lipinski definition) is 3. The summed E-state index contributed by atoms with van der Waals surface area (Å²) >= 11 is 3.48. The minimum Gasteiger partial charge on any atom is -0.376 e. The molecule has 2 heterocycles. The number of piperidine rings is 1. The number of hydrogen-bond donors (Lipinski definition) is 1. The van der Waals surface area contributed by atoms with Gasteiger partial charge in [-0.15, -0.1) is 24.0 Å². The van der Waals surface area contributed by atoms with Crippen molar-refractivity contribution in [1.29, 1.82) is 0 Å². The molecule has 2 aliphatic rings. The number of guanidine groups is 1. The first-order valence-corrected chi connectivity index (χ1v) is 11.0. The van der Waals surface area contributed by atoms with E-state index in [9.17, 15) is 0 Å². The molecule has 1 aromatic rings. The molecule has 2 aliphatic heterocycles. The summed E-state index contributed by atoms with van der Waals surface area (Å²) in [7, 11) is 0. The van der Waals surface area contributed by atoms with Crippen molar-refractivity contribution in [2.24, 2.45) is 4.99 Å². The lowest BCUT2D eigenvalue weighted by molar-refractivity contribution is -0.0721. The van der Waals surface area contributed by atoms with Crippen LogP contribution in [0.15, 0.2) is 33.7 Å². The number of aliphatic imine (C=N–C) groups is 1. The molecule has 158 valence electrons. The highest BCUT2D eigenvalue weighted by atomic mass is 127. The molecule has 2 saturated heterocycles. The van der Waals surface area contributed by atoms with E-state index in [2.05, 4.69) is 57.3 Å². The van der Waals surface area contributed by atoms with Gasteiger partial charge in [-0.2, -0.15) is 0 Å². The quantitative estimate of drug-likeness (QED) is 0.311. The molecule has 1 N–H and O–H groups in total. The van der Waals surface area contributed by atoms with Gasteiger partial charge in [-0.05, 0) is 56.7 Å². The Morgan fingerprint density at radius 2 is 1.96 bits per heavy atom. The lowest BCUT2D eigenvalue weighted by Gasteiger charge is -2.35. The van der Waals surface area contributed by atoms with E-state index in [0.717, 1.165) is 62.5 Å². The Balaban J connectivity index is 0.00000280. The van der Waals surface area contributed by atoms with Crippen LogP contribution in [0.25, 0.3) is 0 Å². The number of ether oxygens (including phenoxy) is 2. The molecule has 7 heteroatoms. The molecule has 1 aromatic carbocycles. The molecule has 1 unspecified atom stereocenters. The smallest absolute Gasteiger partial charge is 0.194 e. The zero-order valence-electron chi connectivity index (χ0n) is 16.7. The molecule has 1 atom stereocenters. The van der Waals surface area contributed by atoms with Gasteiger partial charge >= 0.3 is 0 Å². The highest BCUT2D eigenvalue weighted by molar-refractivity contribution is 14.0. The molecule has 0 radical (unpaired) electrons. The first-order chi connectivity index (χ1) is 13.2. The minimum absolute atomic E-state index is 0. The second-order valence-corrected chi connectivity index (χ2v) is 8.22. The van der Waals surface area contributed by atoms with Gasteiger partial charge in [-0.1, -0.05) is 28.1 Å². The van der Waals surface area contributed by atoms with Gasteiger partial charge < -0.3 is 19.7 Å². The van der Waals surface area contributed by atoms with Gasteiger partial charge in [0.25, 0.3) is 0 Å². The zero-order chi connectivity index (χ0) is 18.9. The summed E-state index contributed by atoms with van der Waals surface area (Å²) in [6.07, 6.45) is 6.37. The first-order valence-electron chi connectivity index (χ1n) is 10.3. The molecule has 5 nitrogen and oxygen atoms in total. The fraction of sp³-hybridized carbons (Fsp3) is 0.667. The SMILES string of the molecule is CCNC(=NCc1ccc(Br)cc1)N1CCC(OCC2CCCCO2)CC1.I. The van der Waals surface area contributed by atoms with Gasteiger partial charge in [-0.25, -0.2) is 4.99 Å². The van der Waals surface area contributed by atoms with Crippen LogP contribution in [0.5, 0.6) is 0 Å². The molecule has 0 aromatic heterocycles. The molecule has 0 aliphatic carbocycles. The lowest BCUT2D eigenvalue weighted by atomic mass is 10.1. The molecule has 0 saturated carbocycles. The second-order valence-electron chi connectivity index (χ2n) is 7.30. The predicted molar refractivity (Wildman–Crippen MR) is 129 cm³/mol. The van der Waals surface area contributed by atoms with E-state index in [1.165, 1.54) is 18.4 Å². The number of nitrogens with one attached hydrogen (secondary N) is 1. The number of rotatable bonds is 6. The van der Waals surface area contributed by atoms with Gasteiger partial charge in [0.15, 0.2) is 5.96 Å². The summed E-state index contributed by atoms with van der Waals surface area (Å²) in [6, 6.07) is 8.36. The lowest BCUT2D eigenvalue weighted by Crippen LogP contribution is -2.47. The van der Waals surface area contributed by atoms with Crippen LogP contribution >= 0.6 is 39.9 Å². The summed E-state index contributed by atoms with van der Waals surface area (Å²) in [4.78, 5) is 7.20. The Bertz CT molecular complexity index is 586. The van der Waals surface area contributed by atoms with Gasteiger partial charge in [0.1, 0.15) is 0 Å². The van der Waals surface area contributed by atoms with Crippen LogP contribution in [0.4, 0.5) is 0 Å². The monoisotopic (exact) mass is 565 g/mol. The number of nitrogens with zero attached hydrogens (tertiary/aromatic N) is 2. The van der Waals surface area contributed by atoms with Crippen LogP contribution in [0.2, 0.25) is 0 Å². The standard InChI is InChI=1S/C21H32BrN3O2.HI/c1-2-23-21(24-15-17-6-8-18(22)9-7-17)25-12-10-19(11-13-25)27-16-20-5-3-4-14-26-20;/h6-9,19-20H,2-5,10-16H2,1H3,(H,23,24);1H. The van der Waals surface area contributed by atoms with E-state index in [-0.39, 0.29) is 24.0 Å². The third-order valence-corrected chi connectivity index (χ3v) is 5.72. The molecule has 2 fully saturated rings. The molecule has 28 heavy (non-hydrogen) atoms. The van der Waals surface area contributed by atoms with Gasteiger partial charge in [0.05, 0.1) is 25.4 Å². The number of benzene rings is 1. The van der Waals surface area contributed by atoms with E-state index < -0.39 is 0 Å². The van der Waals surface area contributed by atoms with E-state index >= 15 is 0 Å². The minimum atomic E-state index is 0. The van der Waals surface area contributed by atoms with Crippen LogP contribution in [0.3, 0.4) is 0 Å². The molecular formula is C21H33BrIN3O2. The normalized spacial score (nSPS) is 21.3. The van der Waals surface area contributed by atoms with Crippen LogP contribution in [0, 0.1) is 0 Å². The van der Waals surface area contributed by atoms with Crippen LogP contribution in [-0.4, -0.2) is 55.9 Å². The number of halogens is 2. The van der Waals surface area contributed by atoms with Crippen molar-refractivity contribution < 1.29 is 9.47 Å². The molecular weight excluding hydrogens is 533 g/mol. The summed E-state index contributed by atoms with van der Waals surface area (Å²) in [5.41, 5.74) is 1.22. The molecule has 3 rings (SSSR count). The van der Waals surface area contributed by atoms with E-state index in [4.69, 9.17) is 14.5 Å². The van der Waals surface area contributed by atoms with E-state index in [1.54, 1.807) is 0 Å². The first kappa shape index (κ1) is 23.9. The third-order valence-electron chi connectivity index (χ3n) is 5.19. The Morgan fingerprint density at radius 1 is 1.21 bits per heavy atom. The van der Waals surface area contributed by atoms with Gasteiger partial charge in [-0.3, -0.25) is 0 Å². The van der Waals surface area contributed by atoms with Crippen molar-refractivity contribution >= 4 is 45.9 Å².